The van der Waals surface area contributed by atoms with E-state index in [4.69, 9.17) is 4.74 Å². The largest absolute Gasteiger partial charge is 0.481 e. The number of amides is 1. The van der Waals surface area contributed by atoms with Gasteiger partial charge in [-0.15, -0.1) is 5.73 Å². The normalized spacial score (nSPS) is 21.3. The number of aromatic nitrogens is 1. The lowest BCUT2D eigenvalue weighted by Crippen LogP contribution is -2.30. The lowest BCUT2D eigenvalue weighted by molar-refractivity contribution is -0.125. The van der Waals surface area contributed by atoms with Crippen LogP contribution >= 0.6 is 0 Å². The highest BCUT2D eigenvalue weighted by atomic mass is 16.5. The predicted molar refractivity (Wildman–Crippen MR) is 144 cm³/mol. The van der Waals surface area contributed by atoms with Crippen LogP contribution in [0.5, 0.6) is 5.88 Å². The number of ether oxygens (including phenoxy) is 1. The van der Waals surface area contributed by atoms with E-state index < -0.39 is 0 Å². The Morgan fingerprint density at radius 2 is 1.97 bits per heavy atom. The van der Waals surface area contributed by atoms with Crippen LogP contribution in [0.15, 0.2) is 89.3 Å². The molecule has 1 heterocycles. The Bertz CT molecular complexity index is 1270. The van der Waals surface area contributed by atoms with Gasteiger partial charge in [0.15, 0.2) is 0 Å². The number of hydrogen-bond donors (Lipinski definition) is 1. The molecule has 3 aliphatic rings. The SMILES string of the molecule is COc1ccc(CNC(=O)[C@H]2CCCC(C3=CC=C=CC4=C3C=C(c3ccc(C)cc3)C4)CC2)cn1. The topological polar surface area (TPSA) is 51.2 Å². The number of aryl methyl sites for hydroxylation is 1. The van der Waals surface area contributed by atoms with Gasteiger partial charge < -0.3 is 10.1 Å². The van der Waals surface area contributed by atoms with Gasteiger partial charge in [-0.3, -0.25) is 4.79 Å². The summed E-state index contributed by atoms with van der Waals surface area (Å²) in [7, 11) is 1.60. The van der Waals surface area contributed by atoms with Crippen molar-refractivity contribution in [2.24, 2.45) is 11.8 Å². The fourth-order valence-electron chi connectivity index (χ4n) is 5.55. The molecule has 0 bridgehead atoms. The average molecular weight is 479 g/mol. The van der Waals surface area contributed by atoms with Crippen LogP contribution in [-0.4, -0.2) is 18.0 Å². The second-order valence-corrected chi connectivity index (χ2v) is 10.1. The summed E-state index contributed by atoms with van der Waals surface area (Å²) in [5.41, 5.74) is 12.4. The number of carbonyl (C=O) groups excluding carboxylic acids is 1. The van der Waals surface area contributed by atoms with E-state index in [2.05, 4.69) is 71.5 Å². The van der Waals surface area contributed by atoms with E-state index in [0.717, 1.165) is 44.1 Å². The molecule has 1 saturated carbocycles. The first-order valence-electron chi connectivity index (χ1n) is 13.0. The zero-order chi connectivity index (χ0) is 24.9. The van der Waals surface area contributed by atoms with Crippen LogP contribution in [0.4, 0.5) is 0 Å². The summed E-state index contributed by atoms with van der Waals surface area (Å²) in [5, 5.41) is 3.13. The minimum atomic E-state index is 0.0666. The highest BCUT2D eigenvalue weighted by Crippen LogP contribution is 2.43. The van der Waals surface area contributed by atoms with Crippen molar-refractivity contribution in [1.82, 2.24) is 10.3 Å². The zero-order valence-electron chi connectivity index (χ0n) is 21.2. The number of pyridine rings is 1. The average Bonchev–Trinajstić information content (AvgIpc) is 3.05. The summed E-state index contributed by atoms with van der Waals surface area (Å²) in [4.78, 5) is 17.2. The molecule has 5 rings (SSSR count). The van der Waals surface area contributed by atoms with Gasteiger partial charge in [0.1, 0.15) is 0 Å². The lowest BCUT2D eigenvalue weighted by Gasteiger charge is -2.20. The standard InChI is InChI=1S/C32H34N2O2/c1-22-10-13-24(14-11-22)28-18-27-6-3-4-9-29(30(27)19-28)25-7-5-8-26(16-15-25)32(35)34-21-23-12-17-31(36-2)33-20-23/h4,6,9-14,17,19-20,25-26H,5,7-8,15-16,18,21H2,1-2H3,(H,34,35)/t25?,26-/m0/s1. The molecule has 0 radical (unpaired) electrons. The second-order valence-electron chi connectivity index (χ2n) is 10.1. The highest BCUT2D eigenvalue weighted by molar-refractivity contribution is 5.79. The highest BCUT2D eigenvalue weighted by Gasteiger charge is 2.29. The van der Waals surface area contributed by atoms with Gasteiger partial charge in [0.2, 0.25) is 11.8 Å². The van der Waals surface area contributed by atoms with Crippen molar-refractivity contribution in [2.75, 3.05) is 7.11 Å². The Kier molecular flexibility index (Phi) is 7.34. The number of benzene rings is 1. The van der Waals surface area contributed by atoms with E-state index >= 15 is 0 Å². The van der Waals surface area contributed by atoms with E-state index in [0.29, 0.717) is 18.3 Å². The van der Waals surface area contributed by atoms with Crippen LogP contribution in [0.1, 0.15) is 55.2 Å². The molecule has 4 heteroatoms. The van der Waals surface area contributed by atoms with Gasteiger partial charge in [0.05, 0.1) is 7.11 Å². The number of allylic oxidation sites excluding steroid dienone is 7. The fraction of sp³-hybridized carbons (Fsp3) is 0.344. The van der Waals surface area contributed by atoms with Gasteiger partial charge in [-0.2, -0.15) is 0 Å². The maximum absolute atomic E-state index is 13.0. The molecule has 1 amide bonds. The van der Waals surface area contributed by atoms with Crippen molar-refractivity contribution in [3.05, 3.63) is 106 Å². The van der Waals surface area contributed by atoms with Gasteiger partial charge in [-0.1, -0.05) is 54.5 Å². The number of rotatable bonds is 6. The second kappa shape index (κ2) is 11.0. The number of nitrogens with zero attached hydrogens (tertiary/aromatic N) is 1. The van der Waals surface area contributed by atoms with Gasteiger partial charge in [0.25, 0.3) is 0 Å². The number of carbonyl (C=O) groups is 1. The third kappa shape index (κ3) is 5.45. The van der Waals surface area contributed by atoms with Gasteiger partial charge in [0, 0.05) is 24.7 Å². The summed E-state index contributed by atoms with van der Waals surface area (Å²) in [5.74, 6) is 1.28. The van der Waals surface area contributed by atoms with Gasteiger partial charge in [-0.05, 0) is 90.5 Å². The fourth-order valence-corrected chi connectivity index (χ4v) is 5.55. The maximum atomic E-state index is 13.0. The first-order chi connectivity index (χ1) is 17.6. The molecule has 2 atom stereocenters. The van der Waals surface area contributed by atoms with Crippen molar-refractivity contribution < 1.29 is 9.53 Å². The molecule has 0 aliphatic heterocycles. The summed E-state index contributed by atoms with van der Waals surface area (Å²) in [6.45, 7) is 2.63. The molecule has 1 unspecified atom stereocenters. The van der Waals surface area contributed by atoms with Gasteiger partial charge >= 0.3 is 0 Å². The first-order valence-corrected chi connectivity index (χ1v) is 13.0. The molecule has 0 spiro atoms. The number of nitrogens with one attached hydrogen (secondary N) is 1. The molecule has 1 aromatic heterocycles. The molecular formula is C32H34N2O2. The van der Waals surface area contributed by atoms with Crippen molar-refractivity contribution in [3.8, 4) is 5.88 Å². The first kappa shape index (κ1) is 24.1. The quantitative estimate of drug-likeness (QED) is 0.374. The van der Waals surface area contributed by atoms with Crippen LogP contribution in [0.25, 0.3) is 5.57 Å². The van der Waals surface area contributed by atoms with E-state index in [-0.39, 0.29) is 11.8 Å². The van der Waals surface area contributed by atoms with Crippen molar-refractivity contribution in [3.63, 3.8) is 0 Å². The van der Waals surface area contributed by atoms with E-state index in [1.807, 2.05) is 12.1 Å². The summed E-state index contributed by atoms with van der Waals surface area (Å²) in [6, 6.07) is 12.6. The van der Waals surface area contributed by atoms with E-state index in [1.165, 1.54) is 33.4 Å². The summed E-state index contributed by atoms with van der Waals surface area (Å²) >= 11 is 0. The maximum Gasteiger partial charge on any atom is 0.223 e. The molecule has 1 fully saturated rings. The van der Waals surface area contributed by atoms with Crippen molar-refractivity contribution >= 4 is 11.5 Å². The minimum Gasteiger partial charge on any atom is -0.481 e. The molecular weight excluding hydrogens is 444 g/mol. The van der Waals surface area contributed by atoms with E-state index in [9.17, 15) is 4.79 Å². The van der Waals surface area contributed by atoms with Crippen LogP contribution < -0.4 is 10.1 Å². The van der Waals surface area contributed by atoms with Crippen LogP contribution in [-0.2, 0) is 11.3 Å². The Hall–Kier alpha value is -3.62. The molecule has 36 heavy (non-hydrogen) atoms. The Labute approximate surface area is 214 Å². The third-order valence-corrected chi connectivity index (χ3v) is 7.65. The van der Waals surface area contributed by atoms with Crippen LogP contribution in [0, 0.1) is 18.8 Å². The monoisotopic (exact) mass is 478 g/mol. The molecule has 184 valence electrons. The van der Waals surface area contributed by atoms with Crippen LogP contribution in [0.2, 0.25) is 0 Å². The lowest BCUT2D eigenvalue weighted by atomic mass is 9.85. The summed E-state index contributed by atoms with van der Waals surface area (Å²) < 4.78 is 5.11. The Morgan fingerprint density at radius 3 is 2.75 bits per heavy atom. The molecule has 1 aromatic carbocycles. The summed E-state index contributed by atoms with van der Waals surface area (Å²) in [6.07, 6.45) is 16.7. The van der Waals surface area contributed by atoms with Crippen LogP contribution in [0.3, 0.4) is 0 Å². The molecule has 2 aromatic rings. The molecule has 3 aliphatic carbocycles. The third-order valence-electron chi connectivity index (χ3n) is 7.65. The van der Waals surface area contributed by atoms with E-state index in [1.54, 1.807) is 13.3 Å². The van der Waals surface area contributed by atoms with Crippen molar-refractivity contribution in [2.45, 2.75) is 52.0 Å². The number of methoxy groups -OCH3 is 1. The smallest absolute Gasteiger partial charge is 0.223 e. The Balaban J connectivity index is 1.23. The van der Waals surface area contributed by atoms with Gasteiger partial charge in [-0.25, -0.2) is 4.98 Å². The van der Waals surface area contributed by atoms with Crippen molar-refractivity contribution in [1.29, 1.82) is 0 Å². The minimum absolute atomic E-state index is 0.0666. The zero-order valence-corrected chi connectivity index (χ0v) is 21.2. The predicted octanol–water partition coefficient (Wildman–Crippen LogP) is 6.65. The molecule has 0 saturated heterocycles. The molecule has 4 nitrogen and oxygen atoms in total. The number of hydrogen-bond acceptors (Lipinski definition) is 3. The Morgan fingerprint density at radius 1 is 1.11 bits per heavy atom. The molecule has 1 N–H and O–H groups in total.